The van der Waals surface area contributed by atoms with Gasteiger partial charge in [0, 0.05) is 19.2 Å². The second-order valence-electron chi connectivity index (χ2n) is 4.66. The lowest BCUT2D eigenvalue weighted by atomic mass is 10.2. The highest BCUT2D eigenvalue weighted by Crippen LogP contribution is 2.28. The zero-order chi connectivity index (χ0) is 15.5. The fourth-order valence-electron chi connectivity index (χ4n) is 2.13. The molecule has 0 saturated carbocycles. The molecule has 1 aromatic rings. The van der Waals surface area contributed by atoms with Crippen molar-refractivity contribution in [3.63, 3.8) is 0 Å². The number of rotatable bonds is 6. The van der Waals surface area contributed by atoms with E-state index in [1.807, 2.05) is 0 Å². The Morgan fingerprint density at radius 1 is 1.48 bits per heavy atom. The predicted octanol–water partition coefficient (Wildman–Crippen LogP) is 1.09. The molecule has 1 aliphatic rings. The minimum atomic E-state index is -3.71. The summed E-state index contributed by atoms with van der Waals surface area (Å²) in [5.74, 6) is 0. The van der Waals surface area contributed by atoms with Crippen LogP contribution in [0.5, 0.6) is 0 Å². The van der Waals surface area contributed by atoms with Crippen LogP contribution in [0.3, 0.4) is 0 Å². The van der Waals surface area contributed by atoms with Crippen molar-refractivity contribution in [1.82, 2.24) is 4.72 Å². The first-order chi connectivity index (χ1) is 9.94. The molecule has 0 spiro atoms. The summed E-state index contributed by atoms with van der Waals surface area (Å²) in [6.45, 7) is 1.16. The van der Waals surface area contributed by atoms with Crippen LogP contribution in [-0.4, -0.2) is 39.6 Å². The lowest BCUT2D eigenvalue weighted by Gasteiger charge is -2.12. The van der Waals surface area contributed by atoms with E-state index in [1.165, 1.54) is 19.2 Å². The number of hydrogen-bond acceptors (Lipinski definition) is 6. The van der Waals surface area contributed by atoms with E-state index < -0.39 is 14.9 Å². The molecule has 21 heavy (non-hydrogen) atoms. The number of nitrogens with one attached hydrogen (secondary N) is 2. The Labute approximate surface area is 122 Å². The van der Waals surface area contributed by atoms with Crippen LogP contribution in [0.4, 0.5) is 11.4 Å². The van der Waals surface area contributed by atoms with Crippen LogP contribution in [0.1, 0.15) is 12.8 Å². The number of sulfonamides is 1. The van der Waals surface area contributed by atoms with Gasteiger partial charge in [-0.1, -0.05) is 0 Å². The quantitative estimate of drug-likeness (QED) is 0.600. The molecule has 2 N–H and O–H groups in total. The summed E-state index contributed by atoms with van der Waals surface area (Å²) in [7, 11) is -2.45. The second kappa shape index (κ2) is 6.37. The van der Waals surface area contributed by atoms with Crippen LogP contribution < -0.4 is 10.0 Å². The van der Waals surface area contributed by atoms with Crippen molar-refractivity contribution in [1.29, 1.82) is 0 Å². The van der Waals surface area contributed by atoms with E-state index in [0.29, 0.717) is 13.2 Å². The molecule has 116 valence electrons. The Balaban J connectivity index is 2.22. The third-order valence-electron chi connectivity index (χ3n) is 3.29. The van der Waals surface area contributed by atoms with Crippen LogP contribution in [0.2, 0.25) is 0 Å². The van der Waals surface area contributed by atoms with Gasteiger partial charge in [-0.15, -0.1) is 0 Å². The number of benzene rings is 1. The molecule has 0 radical (unpaired) electrons. The topological polar surface area (TPSA) is 111 Å². The summed E-state index contributed by atoms with van der Waals surface area (Å²) in [4.78, 5) is 10.4. The van der Waals surface area contributed by atoms with Gasteiger partial charge >= 0.3 is 0 Å². The summed E-state index contributed by atoms with van der Waals surface area (Å²) >= 11 is 0. The standard InChI is InChI=1S/C12H17N3O5S/c1-13-21(18,19)10-4-5-11(12(7-10)15(16)17)14-8-9-3-2-6-20-9/h4-5,7,9,13-14H,2-3,6,8H2,1H3/t9-/m1/s1. The van der Waals surface area contributed by atoms with Crippen LogP contribution in [-0.2, 0) is 14.8 Å². The van der Waals surface area contributed by atoms with E-state index in [-0.39, 0.29) is 22.4 Å². The smallest absolute Gasteiger partial charge is 0.293 e. The minimum Gasteiger partial charge on any atom is -0.377 e. The zero-order valence-electron chi connectivity index (χ0n) is 11.5. The van der Waals surface area contributed by atoms with Crippen molar-refractivity contribution < 1.29 is 18.1 Å². The van der Waals surface area contributed by atoms with Gasteiger partial charge in [0.1, 0.15) is 5.69 Å². The highest BCUT2D eigenvalue weighted by molar-refractivity contribution is 7.89. The van der Waals surface area contributed by atoms with E-state index in [2.05, 4.69) is 10.0 Å². The summed E-state index contributed by atoms with van der Waals surface area (Å²) in [5, 5.41) is 14.1. The molecule has 9 heteroatoms. The number of nitro groups is 1. The van der Waals surface area contributed by atoms with E-state index in [1.54, 1.807) is 0 Å². The fourth-order valence-corrected chi connectivity index (χ4v) is 2.88. The Morgan fingerprint density at radius 3 is 2.81 bits per heavy atom. The van der Waals surface area contributed by atoms with E-state index in [4.69, 9.17) is 4.74 Å². The van der Waals surface area contributed by atoms with Crippen LogP contribution in [0.25, 0.3) is 0 Å². The highest BCUT2D eigenvalue weighted by Gasteiger charge is 2.22. The monoisotopic (exact) mass is 315 g/mol. The van der Waals surface area contributed by atoms with Gasteiger partial charge in [-0.05, 0) is 32.0 Å². The van der Waals surface area contributed by atoms with Crippen molar-refractivity contribution in [2.24, 2.45) is 0 Å². The van der Waals surface area contributed by atoms with Crippen LogP contribution in [0, 0.1) is 10.1 Å². The van der Waals surface area contributed by atoms with Crippen molar-refractivity contribution in [2.75, 3.05) is 25.5 Å². The molecule has 1 fully saturated rings. The Hall–Kier alpha value is -1.71. The van der Waals surface area contributed by atoms with E-state index >= 15 is 0 Å². The van der Waals surface area contributed by atoms with Gasteiger partial charge < -0.3 is 10.1 Å². The van der Waals surface area contributed by atoms with Gasteiger partial charge in [0.05, 0.1) is 15.9 Å². The zero-order valence-corrected chi connectivity index (χ0v) is 12.4. The van der Waals surface area contributed by atoms with Crippen LogP contribution >= 0.6 is 0 Å². The largest absolute Gasteiger partial charge is 0.377 e. The molecule has 1 saturated heterocycles. The van der Waals surface area contributed by atoms with Gasteiger partial charge in [0.15, 0.2) is 0 Å². The third kappa shape index (κ3) is 3.69. The first-order valence-corrected chi connectivity index (χ1v) is 8.00. The SMILES string of the molecule is CNS(=O)(=O)c1ccc(NC[C@H]2CCCO2)c([N+](=O)[O-])c1. The van der Waals surface area contributed by atoms with Crippen molar-refractivity contribution in [3.8, 4) is 0 Å². The van der Waals surface area contributed by atoms with Gasteiger partial charge in [0.2, 0.25) is 10.0 Å². The summed E-state index contributed by atoms with van der Waals surface area (Å²) in [5.41, 5.74) is 0.00914. The normalized spacial score (nSPS) is 18.6. The van der Waals surface area contributed by atoms with Crippen molar-refractivity contribution >= 4 is 21.4 Å². The summed E-state index contributed by atoms with van der Waals surface area (Å²) in [6, 6.07) is 3.78. The molecule has 0 aromatic heterocycles. The first kappa shape index (κ1) is 15.7. The lowest BCUT2D eigenvalue weighted by Crippen LogP contribution is -2.20. The number of ether oxygens (including phenoxy) is 1. The average molecular weight is 315 g/mol. The number of nitrogens with zero attached hydrogens (tertiary/aromatic N) is 1. The predicted molar refractivity (Wildman–Crippen MR) is 76.8 cm³/mol. The van der Waals surface area contributed by atoms with Crippen molar-refractivity contribution in [2.45, 2.75) is 23.8 Å². The molecular weight excluding hydrogens is 298 g/mol. The number of anilines is 1. The molecule has 1 aliphatic heterocycles. The fraction of sp³-hybridized carbons (Fsp3) is 0.500. The summed E-state index contributed by atoms with van der Waals surface area (Å²) < 4.78 is 30.9. The van der Waals surface area contributed by atoms with Crippen LogP contribution in [0.15, 0.2) is 23.1 Å². The summed E-state index contributed by atoms with van der Waals surface area (Å²) in [6.07, 6.45) is 1.92. The molecule has 1 aromatic carbocycles. The van der Waals surface area contributed by atoms with Crippen molar-refractivity contribution in [3.05, 3.63) is 28.3 Å². The molecule has 0 amide bonds. The molecule has 2 rings (SSSR count). The minimum absolute atomic E-state index is 0.0327. The maximum atomic E-state index is 11.7. The Morgan fingerprint density at radius 2 is 2.24 bits per heavy atom. The van der Waals surface area contributed by atoms with E-state index in [0.717, 1.165) is 18.9 Å². The lowest BCUT2D eigenvalue weighted by molar-refractivity contribution is -0.384. The highest BCUT2D eigenvalue weighted by atomic mass is 32.2. The molecule has 0 aliphatic carbocycles. The molecule has 1 heterocycles. The Kier molecular flexibility index (Phi) is 4.76. The van der Waals surface area contributed by atoms with E-state index in [9.17, 15) is 18.5 Å². The molecule has 0 unspecified atom stereocenters. The second-order valence-corrected chi connectivity index (χ2v) is 6.55. The Bertz CT molecular complexity index is 626. The maximum Gasteiger partial charge on any atom is 0.293 e. The van der Waals surface area contributed by atoms with Gasteiger partial charge in [-0.3, -0.25) is 10.1 Å². The number of hydrogen-bond donors (Lipinski definition) is 2. The van der Waals surface area contributed by atoms with Gasteiger partial charge in [-0.25, -0.2) is 13.1 Å². The molecule has 8 nitrogen and oxygen atoms in total. The third-order valence-corrected chi connectivity index (χ3v) is 4.70. The van der Waals surface area contributed by atoms with Gasteiger partial charge in [-0.2, -0.15) is 0 Å². The maximum absolute atomic E-state index is 11.7. The first-order valence-electron chi connectivity index (χ1n) is 6.51. The number of nitro benzene ring substituents is 1. The van der Waals surface area contributed by atoms with Gasteiger partial charge in [0.25, 0.3) is 5.69 Å². The molecule has 0 bridgehead atoms. The molecule has 1 atom stereocenters. The molecular formula is C12H17N3O5S. The average Bonchev–Trinajstić information content (AvgIpc) is 2.98.